The molecule has 3 N–H and O–H groups in total. The standard InChI is InChI=1S/C13H17N3O2S2/c1-13(2,11-4-3-7-19-11)9-16-20(17,18)10-5-6-12(14)15-8-10/h3-8,16H,9H2,1-2H3,(H2,14,15). The summed E-state index contributed by atoms with van der Waals surface area (Å²) in [7, 11) is -3.56. The third kappa shape index (κ3) is 3.36. The summed E-state index contributed by atoms with van der Waals surface area (Å²) < 4.78 is 27.0. The van der Waals surface area contributed by atoms with E-state index in [9.17, 15) is 8.42 Å². The van der Waals surface area contributed by atoms with E-state index in [0.717, 1.165) is 4.88 Å². The number of rotatable bonds is 5. The Bertz CT molecular complexity index is 662. The molecule has 0 saturated heterocycles. The van der Waals surface area contributed by atoms with Crippen LogP contribution in [0, 0.1) is 0 Å². The predicted molar refractivity (Wildman–Crippen MR) is 81.2 cm³/mol. The molecule has 5 nitrogen and oxygen atoms in total. The van der Waals surface area contributed by atoms with E-state index in [1.54, 1.807) is 11.3 Å². The molecule has 0 aliphatic rings. The van der Waals surface area contributed by atoms with Crippen LogP contribution in [0.15, 0.2) is 40.7 Å². The molecular formula is C13H17N3O2S2. The number of anilines is 1. The van der Waals surface area contributed by atoms with E-state index >= 15 is 0 Å². The van der Waals surface area contributed by atoms with Crippen LogP contribution in [0.3, 0.4) is 0 Å². The molecule has 0 amide bonds. The molecule has 2 rings (SSSR count). The van der Waals surface area contributed by atoms with Crippen LogP contribution in [-0.2, 0) is 15.4 Å². The van der Waals surface area contributed by atoms with Crippen LogP contribution in [0.2, 0.25) is 0 Å². The maximum atomic E-state index is 12.2. The second-order valence-corrected chi connectivity index (χ2v) is 7.82. The summed E-state index contributed by atoms with van der Waals surface area (Å²) in [5.41, 5.74) is 5.19. The van der Waals surface area contributed by atoms with Crippen molar-refractivity contribution in [2.45, 2.75) is 24.2 Å². The molecule has 2 aromatic heterocycles. The van der Waals surface area contributed by atoms with Crippen LogP contribution in [-0.4, -0.2) is 19.9 Å². The lowest BCUT2D eigenvalue weighted by Crippen LogP contribution is -2.36. The van der Waals surface area contributed by atoms with E-state index in [1.165, 1.54) is 18.3 Å². The highest BCUT2D eigenvalue weighted by Gasteiger charge is 2.25. The van der Waals surface area contributed by atoms with Gasteiger partial charge in [-0.3, -0.25) is 0 Å². The van der Waals surface area contributed by atoms with Crippen LogP contribution in [0.25, 0.3) is 0 Å². The summed E-state index contributed by atoms with van der Waals surface area (Å²) in [5.74, 6) is 0.294. The lowest BCUT2D eigenvalue weighted by atomic mass is 9.92. The lowest BCUT2D eigenvalue weighted by molar-refractivity contribution is 0.509. The quantitative estimate of drug-likeness (QED) is 0.884. The van der Waals surface area contributed by atoms with Crippen molar-refractivity contribution < 1.29 is 8.42 Å². The number of sulfonamides is 1. The zero-order chi connectivity index (χ0) is 14.8. The summed E-state index contributed by atoms with van der Waals surface area (Å²) in [6.07, 6.45) is 1.26. The third-order valence-corrected chi connectivity index (χ3v) is 5.58. The lowest BCUT2D eigenvalue weighted by Gasteiger charge is -2.23. The number of nitrogens with zero attached hydrogens (tertiary/aromatic N) is 1. The van der Waals surface area contributed by atoms with Crippen molar-refractivity contribution in [1.29, 1.82) is 0 Å². The maximum Gasteiger partial charge on any atom is 0.242 e. The van der Waals surface area contributed by atoms with E-state index in [4.69, 9.17) is 5.73 Å². The Labute approximate surface area is 122 Å². The second kappa shape index (κ2) is 5.51. The number of nitrogens with two attached hydrogens (primary N) is 1. The van der Waals surface area contributed by atoms with E-state index in [2.05, 4.69) is 9.71 Å². The van der Waals surface area contributed by atoms with E-state index < -0.39 is 10.0 Å². The molecule has 2 heterocycles. The monoisotopic (exact) mass is 311 g/mol. The van der Waals surface area contributed by atoms with Gasteiger partial charge in [-0.05, 0) is 23.6 Å². The second-order valence-electron chi connectivity index (χ2n) is 5.10. The fourth-order valence-electron chi connectivity index (χ4n) is 1.66. The number of nitrogen functional groups attached to an aromatic ring is 1. The summed E-state index contributed by atoms with van der Waals surface area (Å²) in [6, 6.07) is 6.88. The van der Waals surface area contributed by atoms with Gasteiger partial charge in [-0.25, -0.2) is 18.1 Å². The molecule has 0 unspecified atom stereocenters. The average Bonchev–Trinajstić information content (AvgIpc) is 2.92. The summed E-state index contributed by atoms with van der Waals surface area (Å²) in [4.78, 5) is 5.05. The molecule has 0 aliphatic heterocycles. The van der Waals surface area contributed by atoms with Crippen molar-refractivity contribution >= 4 is 27.2 Å². The van der Waals surface area contributed by atoms with Crippen molar-refractivity contribution in [2.24, 2.45) is 0 Å². The topological polar surface area (TPSA) is 85.1 Å². The zero-order valence-corrected chi connectivity index (χ0v) is 13.0. The van der Waals surface area contributed by atoms with Crippen molar-refractivity contribution in [3.63, 3.8) is 0 Å². The molecule has 0 aromatic carbocycles. The third-order valence-electron chi connectivity index (χ3n) is 2.96. The fourth-order valence-corrected chi connectivity index (χ4v) is 3.67. The van der Waals surface area contributed by atoms with Gasteiger partial charge in [0.2, 0.25) is 10.0 Å². The SMILES string of the molecule is CC(C)(CNS(=O)(=O)c1ccc(N)nc1)c1cccs1. The first-order valence-electron chi connectivity index (χ1n) is 6.06. The molecule has 0 radical (unpaired) electrons. The summed E-state index contributed by atoms with van der Waals surface area (Å²) in [5, 5.41) is 1.98. The Morgan fingerprint density at radius 2 is 2.10 bits per heavy atom. The molecule has 108 valence electrons. The maximum absolute atomic E-state index is 12.2. The first-order chi connectivity index (χ1) is 9.31. The largest absolute Gasteiger partial charge is 0.384 e. The number of nitrogens with one attached hydrogen (secondary N) is 1. The van der Waals surface area contributed by atoms with Gasteiger partial charge in [0.05, 0.1) is 0 Å². The zero-order valence-electron chi connectivity index (χ0n) is 11.3. The van der Waals surface area contributed by atoms with E-state index in [1.807, 2.05) is 31.4 Å². The van der Waals surface area contributed by atoms with E-state index in [0.29, 0.717) is 12.4 Å². The van der Waals surface area contributed by atoms with Gasteiger partial charge in [-0.15, -0.1) is 11.3 Å². The first-order valence-corrected chi connectivity index (χ1v) is 8.43. The van der Waals surface area contributed by atoms with Crippen molar-refractivity contribution in [2.75, 3.05) is 12.3 Å². The number of aromatic nitrogens is 1. The summed E-state index contributed by atoms with van der Waals surface area (Å²) in [6.45, 7) is 4.32. The van der Waals surface area contributed by atoms with Crippen LogP contribution in [0.1, 0.15) is 18.7 Å². The molecule has 0 aliphatic carbocycles. The molecule has 0 spiro atoms. The molecule has 0 fully saturated rings. The Morgan fingerprint density at radius 1 is 1.35 bits per heavy atom. The molecule has 0 saturated carbocycles. The highest BCUT2D eigenvalue weighted by molar-refractivity contribution is 7.89. The Hall–Kier alpha value is -1.44. The Morgan fingerprint density at radius 3 is 2.65 bits per heavy atom. The average molecular weight is 311 g/mol. The van der Waals surface area contributed by atoms with Gasteiger partial charge in [0.15, 0.2) is 0 Å². The molecular weight excluding hydrogens is 294 g/mol. The number of pyridine rings is 1. The van der Waals surface area contributed by atoms with Crippen LogP contribution in [0.4, 0.5) is 5.82 Å². The fraction of sp³-hybridized carbons (Fsp3) is 0.308. The molecule has 0 bridgehead atoms. The highest BCUT2D eigenvalue weighted by Crippen LogP contribution is 2.27. The smallest absolute Gasteiger partial charge is 0.242 e. The molecule has 2 aromatic rings. The molecule has 0 atom stereocenters. The number of hydrogen-bond acceptors (Lipinski definition) is 5. The van der Waals surface area contributed by atoms with Gasteiger partial charge >= 0.3 is 0 Å². The number of thiophene rings is 1. The number of hydrogen-bond donors (Lipinski definition) is 2. The van der Waals surface area contributed by atoms with Crippen LogP contribution < -0.4 is 10.5 Å². The van der Waals surface area contributed by atoms with Crippen LogP contribution in [0.5, 0.6) is 0 Å². The minimum atomic E-state index is -3.56. The van der Waals surface area contributed by atoms with Gasteiger partial charge < -0.3 is 5.73 Å². The van der Waals surface area contributed by atoms with Gasteiger partial charge in [0, 0.05) is 23.0 Å². The molecule has 7 heteroatoms. The van der Waals surface area contributed by atoms with Crippen molar-refractivity contribution in [3.8, 4) is 0 Å². The minimum Gasteiger partial charge on any atom is -0.384 e. The van der Waals surface area contributed by atoms with E-state index in [-0.39, 0.29) is 10.3 Å². The van der Waals surface area contributed by atoms with Gasteiger partial charge in [0.25, 0.3) is 0 Å². The van der Waals surface area contributed by atoms with Gasteiger partial charge in [-0.1, -0.05) is 19.9 Å². The predicted octanol–water partition coefficient (Wildman–Crippen LogP) is 1.98. The first kappa shape index (κ1) is 15.0. The summed E-state index contributed by atoms with van der Waals surface area (Å²) >= 11 is 1.61. The van der Waals surface area contributed by atoms with Crippen molar-refractivity contribution in [1.82, 2.24) is 9.71 Å². The normalized spacial score (nSPS) is 12.5. The van der Waals surface area contributed by atoms with Gasteiger partial charge in [0.1, 0.15) is 10.7 Å². The van der Waals surface area contributed by atoms with Gasteiger partial charge in [-0.2, -0.15) is 0 Å². The molecule has 20 heavy (non-hydrogen) atoms. The Balaban J connectivity index is 2.12. The van der Waals surface area contributed by atoms with Crippen molar-refractivity contribution in [3.05, 3.63) is 40.7 Å². The van der Waals surface area contributed by atoms with Crippen LogP contribution >= 0.6 is 11.3 Å². The highest BCUT2D eigenvalue weighted by atomic mass is 32.2. The Kier molecular flexibility index (Phi) is 4.12. The minimum absolute atomic E-state index is 0.119.